The lowest BCUT2D eigenvalue weighted by molar-refractivity contribution is -0.119. The molecule has 0 radical (unpaired) electrons. The van der Waals surface area contributed by atoms with E-state index in [1.54, 1.807) is 43.3 Å². The summed E-state index contributed by atoms with van der Waals surface area (Å²) in [6.45, 7) is 4.30. The van der Waals surface area contributed by atoms with Crippen LogP contribution in [0.2, 0.25) is 0 Å². The Morgan fingerprint density at radius 3 is 2.24 bits per heavy atom. The number of aryl methyl sites for hydroxylation is 1. The summed E-state index contributed by atoms with van der Waals surface area (Å²) < 4.78 is 10.9. The molecule has 2 amide bonds. The van der Waals surface area contributed by atoms with E-state index in [-0.39, 0.29) is 29.2 Å². The zero-order valence-electron chi connectivity index (χ0n) is 24.9. The van der Waals surface area contributed by atoms with Crippen LogP contribution in [0, 0.1) is 6.92 Å². The second kappa shape index (κ2) is 15.4. The van der Waals surface area contributed by atoms with Gasteiger partial charge in [0.1, 0.15) is 0 Å². The molecule has 2 aromatic carbocycles. The summed E-state index contributed by atoms with van der Waals surface area (Å²) in [6, 6.07) is 11.6. The van der Waals surface area contributed by atoms with Gasteiger partial charge in [-0.15, -0.1) is 0 Å². The maximum absolute atomic E-state index is 13.3. The first kappa shape index (κ1) is 31.1. The SMILES string of the molecule is CCCCCCCCCCCCCCOC(=O)c1ccc(C)c(N2C(=O)OC(C3=Nc4ccccc4C(=O)C3)C2=O)c1. The van der Waals surface area contributed by atoms with E-state index in [0.29, 0.717) is 23.4 Å². The number of nitrogens with zero attached hydrogens (tertiary/aromatic N) is 2. The molecule has 8 nitrogen and oxygen atoms in total. The number of hydrogen-bond donors (Lipinski definition) is 0. The van der Waals surface area contributed by atoms with Crippen LogP contribution in [-0.4, -0.2) is 42.2 Å². The normalized spacial score (nSPS) is 16.3. The molecule has 1 unspecified atom stereocenters. The Morgan fingerprint density at radius 1 is 0.905 bits per heavy atom. The van der Waals surface area contributed by atoms with Crippen molar-refractivity contribution in [1.29, 1.82) is 0 Å². The number of anilines is 1. The average Bonchev–Trinajstić information content (AvgIpc) is 3.28. The van der Waals surface area contributed by atoms with E-state index in [9.17, 15) is 19.2 Å². The van der Waals surface area contributed by atoms with Crippen LogP contribution in [0.1, 0.15) is 117 Å². The summed E-state index contributed by atoms with van der Waals surface area (Å²) in [5, 5.41) is 0. The number of benzene rings is 2. The molecule has 2 aromatic rings. The zero-order chi connectivity index (χ0) is 29.9. The van der Waals surface area contributed by atoms with E-state index < -0.39 is 24.1 Å². The summed E-state index contributed by atoms with van der Waals surface area (Å²) in [7, 11) is 0. The number of cyclic esters (lactones) is 1. The van der Waals surface area contributed by atoms with E-state index >= 15 is 0 Å². The summed E-state index contributed by atoms with van der Waals surface area (Å²) in [4.78, 5) is 56.9. The maximum Gasteiger partial charge on any atom is 0.422 e. The highest BCUT2D eigenvalue weighted by molar-refractivity contribution is 6.30. The van der Waals surface area contributed by atoms with Gasteiger partial charge in [-0.2, -0.15) is 0 Å². The highest BCUT2D eigenvalue weighted by Gasteiger charge is 2.46. The molecule has 1 saturated heterocycles. The molecule has 8 heteroatoms. The molecule has 224 valence electrons. The van der Waals surface area contributed by atoms with Crippen LogP contribution in [0.5, 0.6) is 0 Å². The van der Waals surface area contributed by atoms with Gasteiger partial charge in [0.2, 0.25) is 6.10 Å². The van der Waals surface area contributed by atoms with Crippen molar-refractivity contribution < 1.29 is 28.7 Å². The Labute approximate surface area is 248 Å². The molecule has 0 N–H and O–H groups in total. The van der Waals surface area contributed by atoms with Crippen molar-refractivity contribution >= 4 is 40.8 Å². The molecular formula is C34H42N2O6. The maximum atomic E-state index is 13.3. The van der Waals surface area contributed by atoms with Crippen LogP contribution in [-0.2, 0) is 14.3 Å². The first-order valence-electron chi connectivity index (χ1n) is 15.4. The molecule has 0 aromatic heterocycles. The highest BCUT2D eigenvalue weighted by Crippen LogP contribution is 2.32. The molecule has 1 fully saturated rings. The van der Waals surface area contributed by atoms with Crippen LogP contribution in [0.3, 0.4) is 0 Å². The monoisotopic (exact) mass is 574 g/mol. The number of esters is 1. The summed E-state index contributed by atoms with van der Waals surface area (Å²) in [6.07, 6.45) is 12.4. The van der Waals surface area contributed by atoms with Crippen molar-refractivity contribution in [3.05, 3.63) is 59.2 Å². The topological polar surface area (TPSA) is 102 Å². The molecule has 4 rings (SSSR count). The van der Waals surface area contributed by atoms with Crippen molar-refractivity contribution in [3.8, 4) is 0 Å². The van der Waals surface area contributed by atoms with Crippen LogP contribution in [0.4, 0.5) is 16.2 Å². The number of unbranched alkanes of at least 4 members (excludes halogenated alkanes) is 11. The molecule has 0 saturated carbocycles. The second-order valence-electron chi connectivity index (χ2n) is 11.2. The molecule has 1 atom stereocenters. The van der Waals surface area contributed by atoms with Gasteiger partial charge in [0, 0.05) is 5.56 Å². The Hall–Kier alpha value is -3.81. The number of imide groups is 1. The lowest BCUT2D eigenvalue weighted by atomic mass is 9.97. The predicted molar refractivity (Wildman–Crippen MR) is 163 cm³/mol. The van der Waals surface area contributed by atoms with Gasteiger partial charge in [-0.1, -0.05) is 95.8 Å². The van der Waals surface area contributed by atoms with E-state index in [1.807, 2.05) is 0 Å². The standard InChI is InChI=1S/C34H42N2O6/c1-3-4-5-6-7-8-9-10-11-12-13-16-21-41-33(39)25-20-19-24(2)29(22-25)36-32(38)31(42-34(36)40)28-23-30(37)26-17-14-15-18-27(26)35-28/h14-15,17-20,22,31H,3-13,16,21,23H2,1-2H3. The van der Waals surface area contributed by atoms with Crippen LogP contribution >= 0.6 is 0 Å². The zero-order valence-corrected chi connectivity index (χ0v) is 24.9. The van der Waals surface area contributed by atoms with E-state index in [4.69, 9.17) is 9.47 Å². The Kier molecular flexibility index (Phi) is 11.4. The smallest absolute Gasteiger partial charge is 0.422 e. The molecule has 42 heavy (non-hydrogen) atoms. The number of carbonyl (C=O) groups excluding carboxylic acids is 4. The third-order valence-electron chi connectivity index (χ3n) is 7.88. The van der Waals surface area contributed by atoms with E-state index in [2.05, 4.69) is 11.9 Å². The van der Waals surface area contributed by atoms with Crippen LogP contribution in [0.25, 0.3) is 0 Å². The largest absolute Gasteiger partial charge is 0.462 e. The second-order valence-corrected chi connectivity index (χ2v) is 11.2. The van der Waals surface area contributed by atoms with Gasteiger partial charge in [-0.25, -0.2) is 14.5 Å². The summed E-state index contributed by atoms with van der Waals surface area (Å²) in [5.41, 5.74) is 2.22. The number of ether oxygens (including phenoxy) is 2. The minimum atomic E-state index is -1.30. The average molecular weight is 575 g/mol. The number of hydrogen-bond acceptors (Lipinski definition) is 7. The number of ketones is 1. The van der Waals surface area contributed by atoms with Crippen molar-refractivity contribution in [1.82, 2.24) is 0 Å². The van der Waals surface area contributed by atoms with Crippen LogP contribution in [0.15, 0.2) is 47.5 Å². The molecule has 2 heterocycles. The van der Waals surface area contributed by atoms with E-state index in [0.717, 1.165) is 24.2 Å². The van der Waals surface area contributed by atoms with Crippen molar-refractivity contribution in [2.24, 2.45) is 4.99 Å². The van der Waals surface area contributed by atoms with Gasteiger partial charge in [0.05, 0.1) is 35.7 Å². The van der Waals surface area contributed by atoms with Gasteiger partial charge in [-0.3, -0.25) is 14.6 Å². The number of para-hydroxylation sites is 1. The quantitative estimate of drug-likeness (QED) is 0.148. The minimum absolute atomic E-state index is 0.112. The van der Waals surface area contributed by atoms with Crippen molar-refractivity contribution in [2.75, 3.05) is 11.5 Å². The van der Waals surface area contributed by atoms with Crippen molar-refractivity contribution in [2.45, 2.75) is 103 Å². The van der Waals surface area contributed by atoms with Gasteiger partial charge in [-0.05, 0) is 43.2 Å². The summed E-state index contributed by atoms with van der Waals surface area (Å²) in [5.74, 6) is -1.34. The number of Topliss-reactive ketones (excluding diaryl/α,β-unsaturated/α-hetero) is 1. The van der Waals surface area contributed by atoms with Gasteiger partial charge in [0.15, 0.2) is 5.78 Å². The highest BCUT2D eigenvalue weighted by atomic mass is 16.6. The number of fused-ring (bicyclic) bond motifs is 1. The van der Waals surface area contributed by atoms with Crippen molar-refractivity contribution in [3.63, 3.8) is 0 Å². The molecule has 0 spiro atoms. The molecule has 2 aliphatic rings. The summed E-state index contributed by atoms with van der Waals surface area (Å²) >= 11 is 0. The van der Waals surface area contributed by atoms with Gasteiger partial charge >= 0.3 is 12.1 Å². The Balaban J connectivity index is 1.25. The molecule has 0 aliphatic carbocycles. The lowest BCUT2D eigenvalue weighted by Gasteiger charge is -2.18. The lowest BCUT2D eigenvalue weighted by Crippen LogP contribution is -2.37. The van der Waals surface area contributed by atoms with Crippen LogP contribution < -0.4 is 4.90 Å². The first-order chi connectivity index (χ1) is 20.4. The third kappa shape index (κ3) is 7.93. The van der Waals surface area contributed by atoms with E-state index in [1.165, 1.54) is 63.9 Å². The number of aliphatic imine (C=N–C) groups is 1. The molecular weight excluding hydrogens is 532 g/mol. The van der Waals surface area contributed by atoms with Gasteiger partial charge in [0.25, 0.3) is 5.91 Å². The number of carbonyl (C=O) groups is 4. The minimum Gasteiger partial charge on any atom is -0.462 e. The fraction of sp³-hybridized carbons (Fsp3) is 0.500. The first-order valence-corrected chi connectivity index (χ1v) is 15.4. The number of amides is 2. The molecule has 2 aliphatic heterocycles. The Morgan fingerprint density at radius 2 is 1.55 bits per heavy atom. The fourth-order valence-corrected chi connectivity index (χ4v) is 5.42. The fourth-order valence-electron chi connectivity index (χ4n) is 5.42. The molecule has 0 bridgehead atoms. The predicted octanol–water partition coefficient (Wildman–Crippen LogP) is 8.06. The number of rotatable bonds is 16. The third-order valence-corrected chi connectivity index (χ3v) is 7.88. The van der Waals surface area contributed by atoms with Gasteiger partial charge < -0.3 is 9.47 Å². The Bertz CT molecular complexity index is 1320.